The van der Waals surface area contributed by atoms with Gasteiger partial charge in [0.05, 0.1) is 19.2 Å². The maximum atomic E-state index is 11.0. The third kappa shape index (κ3) is 5.46. The molecule has 1 unspecified atom stereocenters. The van der Waals surface area contributed by atoms with E-state index in [1.165, 1.54) is 7.11 Å². The number of nitrogens with one attached hydrogen (secondary N) is 1. The molecule has 0 saturated heterocycles. The lowest BCUT2D eigenvalue weighted by Crippen LogP contribution is -2.17. The normalized spacial score (nSPS) is 12.2. The molecule has 5 nitrogen and oxygen atoms in total. The molecule has 0 saturated carbocycles. The molecule has 1 heterocycles. The molecule has 1 aromatic rings. The summed E-state index contributed by atoms with van der Waals surface area (Å²) >= 11 is 1.56. The summed E-state index contributed by atoms with van der Waals surface area (Å²) in [4.78, 5) is 15.4. The highest BCUT2D eigenvalue weighted by Gasteiger charge is 2.08. The molecule has 0 fully saturated rings. The first kappa shape index (κ1) is 14.9. The molecule has 1 atom stereocenters. The minimum atomic E-state index is -0.203. The third-order valence-electron chi connectivity index (χ3n) is 2.49. The van der Waals surface area contributed by atoms with E-state index in [-0.39, 0.29) is 5.97 Å². The number of nitrogens with zero attached hydrogens (tertiary/aromatic N) is 1. The summed E-state index contributed by atoms with van der Waals surface area (Å²) in [5.74, 6) is -0.203. The van der Waals surface area contributed by atoms with Crippen LogP contribution < -0.4 is 5.32 Å². The van der Waals surface area contributed by atoms with Gasteiger partial charge in [0.15, 0.2) is 5.13 Å². The van der Waals surface area contributed by atoms with Crippen molar-refractivity contribution in [2.45, 2.75) is 32.2 Å². The summed E-state index contributed by atoms with van der Waals surface area (Å²) in [6.45, 7) is 2.82. The Morgan fingerprint density at radius 3 is 3.00 bits per heavy atom. The Labute approximate surface area is 112 Å². The molecular formula is C12H20N2O3S. The summed E-state index contributed by atoms with van der Waals surface area (Å²) in [7, 11) is 3.09. The van der Waals surface area contributed by atoms with Crippen LogP contribution in [0, 0.1) is 0 Å². The van der Waals surface area contributed by atoms with Crippen molar-refractivity contribution in [1.29, 1.82) is 0 Å². The molecule has 0 aromatic carbocycles. The molecule has 1 N–H and O–H groups in total. The summed E-state index contributed by atoms with van der Waals surface area (Å²) in [5.41, 5.74) is 0.923. The number of anilines is 1. The van der Waals surface area contributed by atoms with Crippen molar-refractivity contribution in [3.63, 3.8) is 0 Å². The monoisotopic (exact) mass is 272 g/mol. The van der Waals surface area contributed by atoms with Crippen LogP contribution in [-0.4, -0.2) is 37.8 Å². The maximum absolute atomic E-state index is 11.0. The Balaban J connectivity index is 2.36. The molecule has 0 aliphatic carbocycles. The summed E-state index contributed by atoms with van der Waals surface area (Å²) in [5, 5.41) is 6.16. The number of aryl methyl sites for hydroxylation is 1. The highest BCUT2D eigenvalue weighted by molar-refractivity contribution is 7.13. The van der Waals surface area contributed by atoms with Crippen molar-refractivity contribution in [1.82, 2.24) is 4.98 Å². The van der Waals surface area contributed by atoms with Crippen LogP contribution in [0.3, 0.4) is 0 Å². The lowest BCUT2D eigenvalue weighted by molar-refractivity contribution is -0.140. The van der Waals surface area contributed by atoms with Crippen molar-refractivity contribution in [3.8, 4) is 0 Å². The van der Waals surface area contributed by atoms with Crippen LogP contribution in [-0.2, 0) is 20.7 Å². The average Bonchev–Trinajstić information content (AvgIpc) is 2.81. The van der Waals surface area contributed by atoms with Crippen LogP contribution >= 0.6 is 11.3 Å². The molecule has 0 spiro atoms. The van der Waals surface area contributed by atoms with E-state index < -0.39 is 0 Å². The van der Waals surface area contributed by atoms with E-state index in [0.29, 0.717) is 18.9 Å². The summed E-state index contributed by atoms with van der Waals surface area (Å²) in [6.07, 6.45) is 1.93. The first-order valence-electron chi connectivity index (χ1n) is 5.92. The Morgan fingerprint density at radius 1 is 1.56 bits per heavy atom. The number of aromatic nitrogens is 1. The second-order valence-electron chi connectivity index (χ2n) is 4.05. The molecular weight excluding hydrogens is 252 g/mol. The van der Waals surface area contributed by atoms with Crippen molar-refractivity contribution in [3.05, 3.63) is 11.1 Å². The molecule has 0 radical (unpaired) electrons. The first-order valence-corrected chi connectivity index (χ1v) is 6.80. The standard InChI is InChI=1S/C12H20N2O3S/c1-9(6-7-16-2)13-12-14-10(8-18-12)4-5-11(15)17-3/h8-9H,4-7H2,1-3H3,(H,13,14). The number of thiazole rings is 1. The number of methoxy groups -OCH3 is 2. The van der Waals surface area contributed by atoms with Crippen molar-refractivity contribution in [2.24, 2.45) is 0 Å². The van der Waals surface area contributed by atoms with Gasteiger partial charge in [0, 0.05) is 31.6 Å². The van der Waals surface area contributed by atoms with Crippen molar-refractivity contribution in [2.75, 3.05) is 26.1 Å². The maximum Gasteiger partial charge on any atom is 0.305 e. The molecule has 0 aliphatic rings. The van der Waals surface area contributed by atoms with E-state index in [1.807, 2.05) is 5.38 Å². The molecule has 1 aromatic heterocycles. The van der Waals surface area contributed by atoms with E-state index >= 15 is 0 Å². The van der Waals surface area contributed by atoms with E-state index in [1.54, 1.807) is 18.4 Å². The van der Waals surface area contributed by atoms with Crippen LogP contribution in [0.5, 0.6) is 0 Å². The molecule has 6 heteroatoms. The highest BCUT2D eigenvalue weighted by atomic mass is 32.1. The highest BCUT2D eigenvalue weighted by Crippen LogP contribution is 2.18. The molecule has 0 amide bonds. The Bertz CT molecular complexity index is 368. The molecule has 102 valence electrons. The number of carbonyl (C=O) groups is 1. The molecule has 1 rings (SSSR count). The zero-order chi connectivity index (χ0) is 13.4. The SMILES string of the molecule is COCCC(C)Nc1nc(CCC(=O)OC)cs1. The lowest BCUT2D eigenvalue weighted by atomic mass is 10.2. The second kappa shape index (κ2) is 8.05. The van der Waals surface area contributed by atoms with Gasteiger partial charge in [-0.3, -0.25) is 4.79 Å². The van der Waals surface area contributed by atoms with Crippen LogP contribution in [0.15, 0.2) is 5.38 Å². The van der Waals surface area contributed by atoms with Crippen molar-refractivity contribution < 1.29 is 14.3 Å². The summed E-state index contributed by atoms with van der Waals surface area (Å²) in [6, 6.07) is 0.324. The van der Waals surface area contributed by atoms with Crippen LogP contribution in [0.1, 0.15) is 25.5 Å². The fourth-order valence-corrected chi connectivity index (χ4v) is 2.26. The van der Waals surface area contributed by atoms with E-state index in [0.717, 1.165) is 23.9 Å². The quantitative estimate of drug-likeness (QED) is 0.734. The van der Waals surface area contributed by atoms with Gasteiger partial charge in [-0.25, -0.2) is 4.98 Å². The Morgan fingerprint density at radius 2 is 2.33 bits per heavy atom. The Kier molecular flexibility index (Phi) is 6.67. The molecule has 18 heavy (non-hydrogen) atoms. The van der Waals surface area contributed by atoms with Crippen LogP contribution in [0.4, 0.5) is 5.13 Å². The van der Waals surface area contributed by atoms with Gasteiger partial charge in [-0.15, -0.1) is 11.3 Å². The van der Waals surface area contributed by atoms with E-state index in [2.05, 4.69) is 22.0 Å². The van der Waals surface area contributed by atoms with Gasteiger partial charge in [0.2, 0.25) is 0 Å². The lowest BCUT2D eigenvalue weighted by Gasteiger charge is -2.11. The average molecular weight is 272 g/mol. The molecule has 0 bridgehead atoms. The number of esters is 1. The largest absolute Gasteiger partial charge is 0.469 e. The predicted molar refractivity (Wildman–Crippen MR) is 72.0 cm³/mol. The van der Waals surface area contributed by atoms with Gasteiger partial charge in [0.1, 0.15) is 0 Å². The van der Waals surface area contributed by atoms with Gasteiger partial charge < -0.3 is 14.8 Å². The van der Waals surface area contributed by atoms with E-state index in [4.69, 9.17) is 4.74 Å². The number of hydrogen-bond donors (Lipinski definition) is 1. The fourth-order valence-electron chi connectivity index (χ4n) is 1.40. The smallest absolute Gasteiger partial charge is 0.305 e. The van der Waals surface area contributed by atoms with E-state index in [9.17, 15) is 4.79 Å². The first-order chi connectivity index (χ1) is 8.65. The topological polar surface area (TPSA) is 60.5 Å². The van der Waals surface area contributed by atoms with Crippen LogP contribution in [0.2, 0.25) is 0 Å². The van der Waals surface area contributed by atoms with Gasteiger partial charge in [-0.05, 0) is 13.3 Å². The third-order valence-corrected chi connectivity index (χ3v) is 3.31. The number of rotatable bonds is 8. The van der Waals surface area contributed by atoms with Gasteiger partial charge in [0.25, 0.3) is 0 Å². The number of hydrogen-bond acceptors (Lipinski definition) is 6. The summed E-state index contributed by atoms with van der Waals surface area (Å²) < 4.78 is 9.62. The Hall–Kier alpha value is -1.14. The van der Waals surface area contributed by atoms with Crippen LogP contribution in [0.25, 0.3) is 0 Å². The fraction of sp³-hybridized carbons (Fsp3) is 0.667. The second-order valence-corrected chi connectivity index (χ2v) is 4.91. The predicted octanol–water partition coefficient (Wildman–Crippen LogP) is 2.09. The minimum absolute atomic E-state index is 0.203. The zero-order valence-corrected chi connectivity index (χ0v) is 11.9. The molecule has 0 aliphatic heterocycles. The number of ether oxygens (including phenoxy) is 2. The minimum Gasteiger partial charge on any atom is -0.469 e. The van der Waals surface area contributed by atoms with Crippen molar-refractivity contribution >= 4 is 22.4 Å². The zero-order valence-electron chi connectivity index (χ0n) is 11.1. The number of carbonyl (C=O) groups excluding carboxylic acids is 1. The van der Waals surface area contributed by atoms with Gasteiger partial charge in [-0.1, -0.05) is 0 Å². The van der Waals surface area contributed by atoms with Gasteiger partial charge >= 0.3 is 5.97 Å². The van der Waals surface area contributed by atoms with Gasteiger partial charge in [-0.2, -0.15) is 0 Å².